The van der Waals surface area contributed by atoms with Crippen molar-refractivity contribution in [3.05, 3.63) is 70.5 Å². The van der Waals surface area contributed by atoms with Crippen molar-refractivity contribution >= 4 is 17.5 Å². The summed E-state index contributed by atoms with van der Waals surface area (Å²) in [5.74, 6) is 1.84. The Balaban J connectivity index is 1.56. The molecule has 134 valence electrons. The monoisotopic (exact) mass is 367 g/mol. The van der Waals surface area contributed by atoms with Gasteiger partial charge in [0.2, 0.25) is 5.16 Å². The van der Waals surface area contributed by atoms with Gasteiger partial charge in [-0.25, -0.2) is 4.98 Å². The third-order valence-electron chi connectivity index (χ3n) is 4.00. The molecule has 0 saturated carbocycles. The first kappa shape index (κ1) is 18.2. The first-order chi connectivity index (χ1) is 12.5. The lowest BCUT2D eigenvalue weighted by Crippen LogP contribution is -2.05. The number of aromatic amines is 1. The third kappa shape index (κ3) is 4.52. The van der Waals surface area contributed by atoms with Crippen LogP contribution in [0.4, 0.5) is 0 Å². The molecular weight excluding hydrogens is 346 g/mol. The molecule has 6 heteroatoms. The molecule has 1 heterocycles. The van der Waals surface area contributed by atoms with Gasteiger partial charge in [0.05, 0.1) is 5.75 Å². The van der Waals surface area contributed by atoms with Gasteiger partial charge in [-0.3, -0.25) is 9.89 Å². The summed E-state index contributed by atoms with van der Waals surface area (Å²) < 4.78 is 5.75. The molecule has 5 nitrogen and oxygen atoms in total. The van der Waals surface area contributed by atoms with Gasteiger partial charge in [-0.1, -0.05) is 47.7 Å². The number of aryl methyl sites for hydroxylation is 3. The van der Waals surface area contributed by atoms with Gasteiger partial charge in [-0.15, -0.1) is 5.10 Å². The van der Waals surface area contributed by atoms with Crippen molar-refractivity contribution in [3.63, 3.8) is 0 Å². The Kier molecular flexibility index (Phi) is 5.73. The van der Waals surface area contributed by atoms with E-state index >= 15 is 0 Å². The van der Waals surface area contributed by atoms with Crippen molar-refractivity contribution in [1.82, 2.24) is 15.2 Å². The average molecular weight is 367 g/mol. The van der Waals surface area contributed by atoms with Crippen LogP contribution < -0.4 is 4.74 Å². The second-order valence-corrected chi connectivity index (χ2v) is 7.09. The number of carbonyl (C=O) groups excluding carboxylic acids is 1. The molecule has 1 aromatic heterocycles. The highest BCUT2D eigenvalue weighted by atomic mass is 32.2. The van der Waals surface area contributed by atoms with Gasteiger partial charge < -0.3 is 4.74 Å². The first-order valence-corrected chi connectivity index (χ1v) is 9.34. The summed E-state index contributed by atoms with van der Waals surface area (Å²) in [6.07, 6.45) is 0. The van der Waals surface area contributed by atoms with E-state index in [0.717, 1.165) is 28.0 Å². The van der Waals surface area contributed by atoms with Crippen molar-refractivity contribution in [2.24, 2.45) is 0 Å². The summed E-state index contributed by atoms with van der Waals surface area (Å²) in [5, 5.41) is 7.56. The van der Waals surface area contributed by atoms with Gasteiger partial charge in [0.1, 0.15) is 12.4 Å². The molecule has 0 bridgehead atoms. The van der Waals surface area contributed by atoms with E-state index in [2.05, 4.69) is 15.2 Å². The fourth-order valence-electron chi connectivity index (χ4n) is 2.52. The molecule has 1 N–H and O–H groups in total. The number of nitrogens with zero attached hydrogens (tertiary/aromatic N) is 2. The average Bonchev–Trinajstić information content (AvgIpc) is 3.09. The number of aromatic nitrogens is 3. The highest BCUT2D eigenvalue weighted by molar-refractivity contribution is 7.99. The highest BCUT2D eigenvalue weighted by Crippen LogP contribution is 2.20. The Hall–Kier alpha value is -2.60. The lowest BCUT2D eigenvalue weighted by atomic mass is 10.0. The fourth-order valence-corrected chi connectivity index (χ4v) is 3.22. The van der Waals surface area contributed by atoms with Gasteiger partial charge in [0.25, 0.3) is 0 Å². The summed E-state index contributed by atoms with van der Waals surface area (Å²) in [6.45, 7) is 6.24. The van der Waals surface area contributed by atoms with E-state index in [1.807, 2.05) is 63.2 Å². The van der Waals surface area contributed by atoms with Crippen molar-refractivity contribution in [2.75, 3.05) is 5.75 Å². The minimum Gasteiger partial charge on any atom is -0.485 e. The zero-order chi connectivity index (χ0) is 18.5. The number of hydrogen-bond acceptors (Lipinski definition) is 5. The van der Waals surface area contributed by atoms with E-state index in [1.54, 1.807) is 0 Å². The number of hydrogen-bond donors (Lipinski definition) is 1. The van der Waals surface area contributed by atoms with Crippen molar-refractivity contribution in [3.8, 4) is 5.75 Å². The molecule has 3 rings (SSSR count). The number of benzene rings is 2. The van der Waals surface area contributed by atoms with E-state index in [4.69, 9.17) is 4.74 Å². The van der Waals surface area contributed by atoms with Gasteiger partial charge in [0, 0.05) is 5.56 Å². The molecule has 0 saturated heterocycles. The molecule has 0 amide bonds. The Morgan fingerprint density at radius 3 is 2.73 bits per heavy atom. The molecule has 0 atom stereocenters. The lowest BCUT2D eigenvalue weighted by Gasteiger charge is -2.06. The number of rotatable bonds is 7. The molecule has 0 radical (unpaired) electrons. The van der Waals surface area contributed by atoms with Crippen LogP contribution in [0.3, 0.4) is 0 Å². The summed E-state index contributed by atoms with van der Waals surface area (Å²) in [7, 11) is 0. The second-order valence-electron chi connectivity index (χ2n) is 6.15. The first-order valence-electron chi connectivity index (χ1n) is 8.36. The van der Waals surface area contributed by atoms with Crippen molar-refractivity contribution < 1.29 is 9.53 Å². The zero-order valence-corrected chi connectivity index (χ0v) is 15.9. The molecule has 0 aliphatic heterocycles. The SMILES string of the molecule is Cc1ccc(C)c(C(=O)CSc2n[nH]c(COc3ccccc3C)n2)c1. The maximum Gasteiger partial charge on any atom is 0.208 e. The van der Waals surface area contributed by atoms with Crippen LogP contribution >= 0.6 is 11.8 Å². The van der Waals surface area contributed by atoms with Gasteiger partial charge in [0.15, 0.2) is 11.6 Å². The maximum absolute atomic E-state index is 12.4. The normalized spacial score (nSPS) is 10.7. The van der Waals surface area contributed by atoms with Crippen LogP contribution in [0.5, 0.6) is 5.75 Å². The van der Waals surface area contributed by atoms with E-state index in [1.165, 1.54) is 11.8 Å². The summed E-state index contributed by atoms with van der Waals surface area (Å²) in [4.78, 5) is 16.8. The van der Waals surface area contributed by atoms with Crippen LogP contribution in [0.2, 0.25) is 0 Å². The van der Waals surface area contributed by atoms with Gasteiger partial charge in [-0.2, -0.15) is 0 Å². The van der Waals surface area contributed by atoms with E-state index in [9.17, 15) is 4.79 Å². The summed E-state index contributed by atoms with van der Waals surface area (Å²) >= 11 is 1.33. The van der Waals surface area contributed by atoms with Crippen LogP contribution in [0.1, 0.15) is 32.9 Å². The molecule has 0 spiro atoms. The Bertz CT molecular complexity index is 921. The van der Waals surface area contributed by atoms with Crippen molar-refractivity contribution in [1.29, 1.82) is 0 Å². The lowest BCUT2D eigenvalue weighted by molar-refractivity contribution is 0.102. The molecule has 2 aromatic carbocycles. The van der Waals surface area contributed by atoms with Crippen LogP contribution in [0, 0.1) is 20.8 Å². The molecule has 0 aliphatic rings. The predicted molar refractivity (Wildman–Crippen MR) is 103 cm³/mol. The highest BCUT2D eigenvalue weighted by Gasteiger charge is 2.12. The Morgan fingerprint density at radius 1 is 1.12 bits per heavy atom. The quantitative estimate of drug-likeness (QED) is 0.498. The number of carbonyl (C=O) groups is 1. The van der Waals surface area contributed by atoms with E-state index in [-0.39, 0.29) is 5.78 Å². The third-order valence-corrected chi connectivity index (χ3v) is 4.84. The van der Waals surface area contributed by atoms with Crippen LogP contribution in [0.25, 0.3) is 0 Å². The number of thioether (sulfide) groups is 1. The van der Waals surface area contributed by atoms with E-state index < -0.39 is 0 Å². The molecule has 0 aliphatic carbocycles. The number of nitrogens with one attached hydrogen (secondary N) is 1. The second kappa shape index (κ2) is 8.19. The number of ketones is 1. The smallest absolute Gasteiger partial charge is 0.208 e. The summed E-state index contributed by atoms with van der Waals surface area (Å²) in [6, 6.07) is 13.7. The zero-order valence-electron chi connectivity index (χ0n) is 15.1. The molecular formula is C20H21N3O2S. The van der Waals surface area contributed by atoms with Gasteiger partial charge >= 0.3 is 0 Å². The van der Waals surface area contributed by atoms with Crippen LogP contribution in [0.15, 0.2) is 47.6 Å². The van der Waals surface area contributed by atoms with Crippen LogP contribution in [-0.4, -0.2) is 26.7 Å². The van der Waals surface area contributed by atoms with Gasteiger partial charge in [-0.05, 0) is 44.0 Å². The Labute approximate surface area is 157 Å². The largest absolute Gasteiger partial charge is 0.485 e. The molecule has 0 unspecified atom stereocenters. The standard InChI is InChI=1S/C20H21N3O2S/c1-13-8-9-14(2)16(10-13)17(24)12-26-20-21-19(22-23-20)11-25-18-7-5-4-6-15(18)3/h4-10H,11-12H2,1-3H3,(H,21,22,23). The van der Waals surface area contributed by atoms with Crippen LogP contribution in [-0.2, 0) is 6.61 Å². The number of para-hydroxylation sites is 1. The van der Waals surface area contributed by atoms with E-state index in [0.29, 0.717) is 23.3 Å². The minimum atomic E-state index is 0.0821. The number of Topliss-reactive ketones (excluding diaryl/α,β-unsaturated/α-hetero) is 1. The molecule has 26 heavy (non-hydrogen) atoms. The topological polar surface area (TPSA) is 67.9 Å². The maximum atomic E-state index is 12.4. The number of H-pyrrole nitrogens is 1. The summed E-state index contributed by atoms with van der Waals surface area (Å²) in [5.41, 5.74) is 3.90. The minimum absolute atomic E-state index is 0.0821. The number of ether oxygens (including phenoxy) is 1. The molecule has 3 aromatic rings. The fraction of sp³-hybridized carbons (Fsp3) is 0.250. The molecule has 0 fully saturated rings. The van der Waals surface area contributed by atoms with Crippen molar-refractivity contribution in [2.45, 2.75) is 32.5 Å². The Morgan fingerprint density at radius 2 is 1.92 bits per heavy atom. The predicted octanol–water partition coefficient (Wildman–Crippen LogP) is 4.28.